The number of benzene rings is 1. The van der Waals surface area contributed by atoms with Gasteiger partial charge in [-0.1, -0.05) is 22.9 Å². The Morgan fingerprint density at radius 2 is 2.04 bits per heavy atom. The van der Waals surface area contributed by atoms with Crippen LogP contribution in [0.1, 0.15) is 15.6 Å². The van der Waals surface area contributed by atoms with Crippen LogP contribution >= 0.6 is 22.9 Å². The first-order valence-corrected chi connectivity index (χ1v) is 7.01. The number of carbonyl (C=O) groups is 1. The van der Waals surface area contributed by atoms with Crippen molar-refractivity contribution in [3.63, 3.8) is 0 Å². The van der Waals surface area contributed by atoms with E-state index in [4.69, 9.17) is 11.6 Å². The Morgan fingerprint density at radius 1 is 1.30 bits per heavy atom. The summed E-state index contributed by atoms with van der Waals surface area (Å²) >= 11 is 6.20. The Morgan fingerprint density at radius 3 is 2.70 bits per heavy atom. The van der Waals surface area contributed by atoms with E-state index in [1.54, 1.807) is 0 Å². The average molecular weight is 366 g/mol. The molecule has 12 heteroatoms. The van der Waals surface area contributed by atoms with Crippen molar-refractivity contribution >= 4 is 39.5 Å². The Labute approximate surface area is 133 Å². The molecule has 2 aromatic heterocycles. The molecule has 1 aromatic carbocycles. The number of aromatic nitrogens is 4. The van der Waals surface area contributed by atoms with E-state index < -0.39 is 23.7 Å². The van der Waals surface area contributed by atoms with Gasteiger partial charge in [-0.05, 0) is 18.2 Å². The molecule has 0 saturated heterocycles. The number of rotatable bonds is 2. The second-order valence-electron chi connectivity index (χ2n) is 4.21. The Balaban J connectivity index is 1.89. The SMILES string of the molecule is O=C(Nc1ccc(F)c(Cl)c1)c1nn2c(C(F)(F)F)nnc2s1. The smallest absolute Gasteiger partial charge is 0.320 e. The second-order valence-corrected chi connectivity index (χ2v) is 5.57. The van der Waals surface area contributed by atoms with E-state index in [1.165, 1.54) is 6.07 Å². The van der Waals surface area contributed by atoms with Crippen molar-refractivity contribution in [1.29, 1.82) is 0 Å². The number of nitrogens with one attached hydrogen (secondary N) is 1. The molecule has 0 unspecified atom stereocenters. The number of carbonyl (C=O) groups excluding carboxylic acids is 1. The lowest BCUT2D eigenvalue weighted by molar-refractivity contribution is -0.146. The number of anilines is 1. The number of fused-ring (bicyclic) bond motifs is 1. The highest BCUT2D eigenvalue weighted by Gasteiger charge is 2.38. The summed E-state index contributed by atoms with van der Waals surface area (Å²) in [6.45, 7) is 0. The van der Waals surface area contributed by atoms with Crippen molar-refractivity contribution in [3.05, 3.63) is 39.9 Å². The van der Waals surface area contributed by atoms with Crippen LogP contribution in [0.3, 0.4) is 0 Å². The molecule has 1 N–H and O–H groups in total. The molecule has 0 aliphatic rings. The van der Waals surface area contributed by atoms with Gasteiger partial charge in [-0.3, -0.25) is 4.79 Å². The minimum Gasteiger partial charge on any atom is -0.320 e. The molecule has 0 aliphatic heterocycles. The first-order valence-electron chi connectivity index (χ1n) is 5.81. The molecular formula is C11H4ClF4N5OS. The van der Waals surface area contributed by atoms with Crippen molar-refractivity contribution in [2.24, 2.45) is 0 Å². The normalized spacial score (nSPS) is 11.9. The lowest BCUT2D eigenvalue weighted by Gasteiger charge is -2.03. The summed E-state index contributed by atoms with van der Waals surface area (Å²) in [7, 11) is 0. The predicted octanol–water partition coefficient (Wildman–Crippen LogP) is 3.25. The van der Waals surface area contributed by atoms with Gasteiger partial charge in [0.15, 0.2) is 0 Å². The van der Waals surface area contributed by atoms with E-state index in [0.29, 0.717) is 15.9 Å². The Hall–Kier alpha value is -2.27. The highest BCUT2D eigenvalue weighted by Crippen LogP contribution is 2.29. The minimum absolute atomic E-state index is 0.170. The van der Waals surface area contributed by atoms with Crippen molar-refractivity contribution in [2.45, 2.75) is 6.18 Å². The molecular weight excluding hydrogens is 362 g/mol. The summed E-state index contributed by atoms with van der Waals surface area (Å²) in [6, 6.07) is 3.45. The van der Waals surface area contributed by atoms with Crippen molar-refractivity contribution in [2.75, 3.05) is 5.32 Å². The topological polar surface area (TPSA) is 72.2 Å². The zero-order valence-corrected chi connectivity index (χ0v) is 12.3. The van der Waals surface area contributed by atoms with Gasteiger partial charge in [-0.2, -0.15) is 17.7 Å². The average Bonchev–Trinajstić information content (AvgIpc) is 3.01. The largest absolute Gasteiger partial charge is 0.453 e. The van der Waals surface area contributed by atoms with E-state index in [-0.39, 0.29) is 20.7 Å². The fraction of sp³-hybridized carbons (Fsp3) is 0.0909. The number of halogens is 5. The van der Waals surface area contributed by atoms with E-state index in [2.05, 4.69) is 20.6 Å². The van der Waals surface area contributed by atoms with Gasteiger partial charge in [0.2, 0.25) is 9.97 Å². The molecule has 6 nitrogen and oxygen atoms in total. The van der Waals surface area contributed by atoms with Crippen LogP contribution in [0.4, 0.5) is 23.2 Å². The van der Waals surface area contributed by atoms with Gasteiger partial charge in [-0.15, -0.1) is 15.3 Å². The Kier molecular flexibility index (Phi) is 3.68. The monoisotopic (exact) mass is 365 g/mol. The van der Waals surface area contributed by atoms with E-state index in [0.717, 1.165) is 12.1 Å². The van der Waals surface area contributed by atoms with Gasteiger partial charge >= 0.3 is 6.18 Å². The molecule has 2 heterocycles. The number of amides is 1. The van der Waals surface area contributed by atoms with Crippen LogP contribution in [0.2, 0.25) is 5.02 Å². The fourth-order valence-corrected chi connectivity index (χ4v) is 2.56. The highest BCUT2D eigenvalue weighted by atomic mass is 35.5. The maximum absolute atomic E-state index is 13.0. The number of hydrogen-bond acceptors (Lipinski definition) is 5. The van der Waals surface area contributed by atoms with Gasteiger partial charge in [-0.25, -0.2) is 4.39 Å². The standard InChI is InChI=1S/C11H4ClF4N5OS/c12-5-3-4(1-2-6(5)13)17-7(22)8-20-21-9(11(14,15)16)18-19-10(21)23-8/h1-3H,(H,17,22). The molecule has 0 saturated carbocycles. The fourth-order valence-electron chi connectivity index (χ4n) is 1.64. The zero-order valence-electron chi connectivity index (χ0n) is 10.7. The van der Waals surface area contributed by atoms with Crippen molar-refractivity contribution in [3.8, 4) is 0 Å². The molecule has 0 aliphatic carbocycles. The molecule has 0 spiro atoms. The van der Waals surface area contributed by atoms with Crippen LogP contribution in [-0.4, -0.2) is 25.7 Å². The molecule has 3 aromatic rings. The second kappa shape index (κ2) is 5.42. The predicted molar refractivity (Wildman–Crippen MR) is 73.0 cm³/mol. The third kappa shape index (κ3) is 2.97. The van der Waals surface area contributed by atoms with Crippen LogP contribution in [0.15, 0.2) is 18.2 Å². The summed E-state index contributed by atoms with van der Waals surface area (Å²) in [6.07, 6.45) is -4.74. The zero-order chi connectivity index (χ0) is 16.8. The quantitative estimate of drug-likeness (QED) is 0.708. The van der Waals surface area contributed by atoms with E-state index in [1.807, 2.05) is 0 Å². The van der Waals surface area contributed by atoms with Crippen LogP contribution in [-0.2, 0) is 6.18 Å². The van der Waals surface area contributed by atoms with Crippen LogP contribution < -0.4 is 5.32 Å². The summed E-state index contributed by atoms with van der Waals surface area (Å²) in [5.41, 5.74) is 0.170. The molecule has 120 valence electrons. The third-order valence-electron chi connectivity index (χ3n) is 2.62. The maximum atomic E-state index is 13.0. The van der Waals surface area contributed by atoms with Crippen LogP contribution in [0.5, 0.6) is 0 Å². The number of nitrogens with zero attached hydrogens (tertiary/aromatic N) is 4. The minimum atomic E-state index is -4.74. The summed E-state index contributed by atoms with van der Waals surface area (Å²) < 4.78 is 51.5. The molecule has 0 radical (unpaired) electrons. The first-order chi connectivity index (χ1) is 10.8. The van der Waals surface area contributed by atoms with Gasteiger partial charge in [0, 0.05) is 5.69 Å². The van der Waals surface area contributed by atoms with E-state index in [9.17, 15) is 22.4 Å². The van der Waals surface area contributed by atoms with E-state index >= 15 is 0 Å². The summed E-state index contributed by atoms with van der Waals surface area (Å²) in [5, 5.41) is 11.7. The summed E-state index contributed by atoms with van der Waals surface area (Å²) in [5.74, 6) is -2.78. The first kappa shape index (κ1) is 15.6. The third-order valence-corrected chi connectivity index (χ3v) is 3.80. The maximum Gasteiger partial charge on any atom is 0.453 e. The molecule has 1 amide bonds. The lowest BCUT2D eigenvalue weighted by Crippen LogP contribution is -2.14. The van der Waals surface area contributed by atoms with Gasteiger partial charge in [0.25, 0.3) is 11.7 Å². The van der Waals surface area contributed by atoms with Crippen LogP contribution in [0, 0.1) is 5.82 Å². The lowest BCUT2D eigenvalue weighted by atomic mass is 10.3. The molecule has 23 heavy (non-hydrogen) atoms. The summed E-state index contributed by atoms with van der Waals surface area (Å²) in [4.78, 5) is 11.8. The molecule has 0 fully saturated rings. The van der Waals surface area contributed by atoms with Crippen molar-refractivity contribution in [1.82, 2.24) is 19.8 Å². The molecule has 0 atom stereocenters. The molecule has 3 rings (SSSR count). The van der Waals surface area contributed by atoms with Gasteiger partial charge in [0.1, 0.15) is 5.82 Å². The molecule has 0 bridgehead atoms. The number of hydrogen-bond donors (Lipinski definition) is 1. The van der Waals surface area contributed by atoms with Gasteiger partial charge < -0.3 is 5.32 Å². The van der Waals surface area contributed by atoms with Gasteiger partial charge in [0.05, 0.1) is 5.02 Å². The highest BCUT2D eigenvalue weighted by molar-refractivity contribution is 7.18. The van der Waals surface area contributed by atoms with Crippen LogP contribution in [0.25, 0.3) is 4.96 Å². The Bertz CT molecular complexity index is 906. The van der Waals surface area contributed by atoms with Crippen molar-refractivity contribution < 1.29 is 22.4 Å². The number of alkyl halides is 3.